The summed E-state index contributed by atoms with van der Waals surface area (Å²) in [5.74, 6) is 5.73. The number of hydrazine groups is 1. The lowest BCUT2D eigenvalue weighted by atomic mass is 10.2. The number of nitrogens with two attached hydrogens (primary N) is 1. The second-order valence-corrected chi connectivity index (χ2v) is 3.47. The summed E-state index contributed by atoms with van der Waals surface area (Å²) in [7, 11) is 0. The van der Waals surface area contributed by atoms with E-state index in [9.17, 15) is 0 Å². The first-order valence-electron chi connectivity index (χ1n) is 3.80. The third kappa shape index (κ3) is 1.48. The average molecular weight is 229 g/mol. The SMILES string of the molecule is NNc1nnc(Cl)c2ccc(Cl)cc12. The Labute approximate surface area is 90.0 Å². The van der Waals surface area contributed by atoms with Crippen molar-refractivity contribution in [1.29, 1.82) is 0 Å². The predicted molar refractivity (Wildman–Crippen MR) is 57.4 cm³/mol. The number of aromatic nitrogens is 2. The molecule has 14 heavy (non-hydrogen) atoms. The molecule has 2 rings (SSSR count). The largest absolute Gasteiger partial charge is 0.306 e. The number of nitrogen functional groups attached to an aromatic ring is 1. The molecule has 0 aliphatic heterocycles. The Bertz CT molecular complexity index is 486. The molecule has 0 atom stereocenters. The highest BCUT2D eigenvalue weighted by Crippen LogP contribution is 2.27. The lowest BCUT2D eigenvalue weighted by Crippen LogP contribution is -2.09. The van der Waals surface area contributed by atoms with E-state index in [-0.39, 0.29) is 0 Å². The van der Waals surface area contributed by atoms with Crippen LogP contribution in [0.3, 0.4) is 0 Å². The fourth-order valence-corrected chi connectivity index (χ4v) is 1.58. The van der Waals surface area contributed by atoms with E-state index in [1.807, 2.05) is 0 Å². The fraction of sp³-hybridized carbons (Fsp3) is 0. The van der Waals surface area contributed by atoms with Crippen molar-refractivity contribution in [3.05, 3.63) is 28.4 Å². The van der Waals surface area contributed by atoms with Crippen molar-refractivity contribution in [3.8, 4) is 0 Å². The minimum absolute atomic E-state index is 0.329. The first kappa shape index (κ1) is 9.45. The molecule has 0 spiro atoms. The van der Waals surface area contributed by atoms with Gasteiger partial charge in [0.1, 0.15) is 0 Å². The second-order valence-electron chi connectivity index (χ2n) is 2.67. The van der Waals surface area contributed by atoms with Gasteiger partial charge in [0.25, 0.3) is 0 Å². The van der Waals surface area contributed by atoms with E-state index in [2.05, 4.69) is 15.6 Å². The molecule has 1 aromatic heterocycles. The monoisotopic (exact) mass is 228 g/mol. The minimum Gasteiger partial charge on any atom is -0.306 e. The Morgan fingerprint density at radius 3 is 2.64 bits per heavy atom. The molecule has 3 N–H and O–H groups in total. The summed E-state index contributed by atoms with van der Waals surface area (Å²) < 4.78 is 0. The van der Waals surface area contributed by atoms with Crippen LogP contribution in [0.5, 0.6) is 0 Å². The lowest BCUT2D eigenvalue weighted by Gasteiger charge is -2.04. The van der Waals surface area contributed by atoms with Gasteiger partial charge in [-0.05, 0) is 18.2 Å². The van der Waals surface area contributed by atoms with Crippen molar-refractivity contribution < 1.29 is 0 Å². The van der Waals surface area contributed by atoms with Crippen LogP contribution in [0.2, 0.25) is 10.2 Å². The van der Waals surface area contributed by atoms with Crippen LogP contribution in [0.4, 0.5) is 5.82 Å². The van der Waals surface area contributed by atoms with Crippen LogP contribution < -0.4 is 11.3 Å². The van der Waals surface area contributed by atoms with E-state index in [1.54, 1.807) is 18.2 Å². The Morgan fingerprint density at radius 2 is 1.93 bits per heavy atom. The highest BCUT2D eigenvalue weighted by molar-refractivity contribution is 6.35. The van der Waals surface area contributed by atoms with Crippen molar-refractivity contribution in [1.82, 2.24) is 10.2 Å². The number of nitrogens with one attached hydrogen (secondary N) is 1. The van der Waals surface area contributed by atoms with E-state index >= 15 is 0 Å². The Morgan fingerprint density at radius 1 is 1.14 bits per heavy atom. The molecule has 2 aromatic rings. The molecule has 0 amide bonds. The third-order valence-corrected chi connectivity index (χ3v) is 2.35. The smallest absolute Gasteiger partial charge is 0.170 e. The van der Waals surface area contributed by atoms with Gasteiger partial charge in [0.2, 0.25) is 0 Å². The lowest BCUT2D eigenvalue weighted by molar-refractivity contribution is 1.04. The summed E-state index contributed by atoms with van der Waals surface area (Å²) >= 11 is 11.7. The highest BCUT2D eigenvalue weighted by Gasteiger charge is 2.06. The first-order chi connectivity index (χ1) is 6.72. The van der Waals surface area contributed by atoms with Crippen LogP contribution in [-0.2, 0) is 0 Å². The van der Waals surface area contributed by atoms with Crippen LogP contribution in [0.1, 0.15) is 0 Å². The molecular formula is C8H6Cl2N4. The number of rotatable bonds is 1. The van der Waals surface area contributed by atoms with E-state index in [0.717, 1.165) is 10.8 Å². The van der Waals surface area contributed by atoms with E-state index < -0.39 is 0 Å². The first-order valence-corrected chi connectivity index (χ1v) is 4.56. The molecule has 6 heteroatoms. The fourth-order valence-electron chi connectivity index (χ4n) is 1.20. The molecule has 0 saturated heterocycles. The van der Waals surface area contributed by atoms with Crippen molar-refractivity contribution in [2.75, 3.05) is 5.43 Å². The van der Waals surface area contributed by atoms with E-state index in [0.29, 0.717) is 16.0 Å². The average Bonchev–Trinajstić information content (AvgIpc) is 2.18. The van der Waals surface area contributed by atoms with Gasteiger partial charge in [-0.3, -0.25) is 0 Å². The Hall–Kier alpha value is -1.10. The molecule has 72 valence electrons. The zero-order valence-corrected chi connectivity index (χ0v) is 8.47. The number of fused-ring (bicyclic) bond motifs is 1. The van der Waals surface area contributed by atoms with Gasteiger partial charge in [-0.25, -0.2) is 5.84 Å². The van der Waals surface area contributed by atoms with Crippen LogP contribution in [0.15, 0.2) is 18.2 Å². The summed E-state index contributed by atoms with van der Waals surface area (Å²) in [6, 6.07) is 5.24. The van der Waals surface area contributed by atoms with Gasteiger partial charge in [-0.1, -0.05) is 23.2 Å². The number of halogens is 2. The molecule has 4 nitrogen and oxygen atoms in total. The van der Waals surface area contributed by atoms with Gasteiger partial charge in [0.15, 0.2) is 11.0 Å². The van der Waals surface area contributed by atoms with Crippen LogP contribution in [-0.4, -0.2) is 10.2 Å². The molecule has 0 bridgehead atoms. The van der Waals surface area contributed by atoms with Gasteiger partial charge in [0, 0.05) is 15.8 Å². The molecule has 1 heterocycles. The van der Waals surface area contributed by atoms with Gasteiger partial charge < -0.3 is 5.43 Å². The maximum absolute atomic E-state index is 5.85. The highest BCUT2D eigenvalue weighted by atomic mass is 35.5. The molecule has 0 saturated carbocycles. The van der Waals surface area contributed by atoms with Crippen LogP contribution in [0.25, 0.3) is 10.8 Å². The number of anilines is 1. The minimum atomic E-state index is 0.329. The topological polar surface area (TPSA) is 63.8 Å². The van der Waals surface area contributed by atoms with Gasteiger partial charge >= 0.3 is 0 Å². The van der Waals surface area contributed by atoms with E-state index in [4.69, 9.17) is 29.0 Å². The molecular weight excluding hydrogens is 223 g/mol. The summed E-state index contributed by atoms with van der Waals surface area (Å²) in [4.78, 5) is 0. The standard InChI is InChI=1S/C8H6Cl2N4/c9-4-1-2-5-6(3-4)8(12-11)14-13-7(5)10/h1-3H,11H2,(H,12,14). The molecule has 0 aliphatic rings. The van der Waals surface area contributed by atoms with Crippen molar-refractivity contribution >= 4 is 39.8 Å². The second kappa shape index (κ2) is 3.57. The number of nitrogens with zero attached hydrogens (tertiary/aromatic N) is 2. The quantitative estimate of drug-likeness (QED) is 0.581. The summed E-state index contributed by atoms with van der Waals surface area (Å²) in [6.45, 7) is 0. The third-order valence-electron chi connectivity index (χ3n) is 1.83. The summed E-state index contributed by atoms with van der Waals surface area (Å²) in [6.07, 6.45) is 0. The molecule has 0 radical (unpaired) electrons. The van der Waals surface area contributed by atoms with Gasteiger partial charge in [0.05, 0.1) is 0 Å². The van der Waals surface area contributed by atoms with Gasteiger partial charge in [-0.2, -0.15) is 0 Å². The van der Waals surface area contributed by atoms with Gasteiger partial charge in [-0.15, -0.1) is 10.2 Å². The molecule has 0 fully saturated rings. The zero-order chi connectivity index (χ0) is 10.1. The van der Waals surface area contributed by atoms with Crippen molar-refractivity contribution in [3.63, 3.8) is 0 Å². The van der Waals surface area contributed by atoms with Crippen molar-refractivity contribution in [2.24, 2.45) is 5.84 Å². The van der Waals surface area contributed by atoms with Crippen LogP contribution >= 0.6 is 23.2 Å². The zero-order valence-electron chi connectivity index (χ0n) is 6.96. The Balaban J connectivity index is 2.85. The number of hydrogen-bond acceptors (Lipinski definition) is 4. The Kier molecular flexibility index (Phi) is 2.41. The maximum atomic E-state index is 5.85. The predicted octanol–water partition coefficient (Wildman–Crippen LogP) is 2.22. The normalized spacial score (nSPS) is 10.5. The number of benzene rings is 1. The maximum Gasteiger partial charge on any atom is 0.170 e. The van der Waals surface area contributed by atoms with E-state index in [1.165, 1.54) is 0 Å². The number of hydrogen-bond donors (Lipinski definition) is 2. The molecule has 0 unspecified atom stereocenters. The molecule has 0 aliphatic carbocycles. The molecule has 1 aromatic carbocycles. The van der Waals surface area contributed by atoms with Crippen LogP contribution in [0, 0.1) is 0 Å². The summed E-state index contributed by atoms with van der Waals surface area (Å²) in [5, 5.41) is 9.96. The summed E-state index contributed by atoms with van der Waals surface area (Å²) in [5.41, 5.74) is 2.43. The van der Waals surface area contributed by atoms with Crippen molar-refractivity contribution in [2.45, 2.75) is 0 Å².